The van der Waals surface area contributed by atoms with Gasteiger partial charge in [-0.25, -0.2) is 0 Å². The number of nitrogens with zero attached hydrogens (tertiary/aromatic N) is 1. The molecule has 2 rings (SSSR count). The standard InChI is InChI=1S/C7H6N2.Ag/c1-2-4-7-6(3-1)5-8-9-7;/h1-5H,(H,8,9);. The predicted molar refractivity (Wildman–Crippen MR) is 36.1 cm³/mol. The van der Waals surface area contributed by atoms with Crippen LogP contribution in [-0.4, -0.2) is 10.2 Å². The summed E-state index contributed by atoms with van der Waals surface area (Å²) in [5.74, 6) is 0. The van der Waals surface area contributed by atoms with Gasteiger partial charge in [-0.05, 0) is 6.07 Å². The van der Waals surface area contributed by atoms with Gasteiger partial charge in [-0.1, -0.05) is 18.2 Å². The average molecular weight is 226 g/mol. The zero-order valence-corrected chi connectivity index (χ0v) is 6.62. The number of fused-ring (bicyclic) bond motifs is 1. The molecular weight excluding hydrogens is 220 g/mol. The summed E-state index contributed by atoms with van der Waals surface area (Å²) in [4.78, 5) is 0. The van der Waals surface area contributed by atoms with Crippen molar-refractivity contribution in [1.82, 2.24) is 10.2 Å². The van der Waals surface area contributed by atoms with E-state index in [1.807, 2.05) is 30.5 Å². The summed E-state index contributed by atoms with van der Waals surface area (Å²) in [6.45, 7) is 0. The summed E-state index contributed by atoms with van der Waals surface area (Å²) < 4.78 is 0. The number of nitrogens with one attached hydrogen (secondary N) is 1. The molecule has 0 spiro atoms. The normalized spacial score (nSPS) is 9.20. The van der Waals surface area contributed by atoms with E-state index in [1.54, 1.807) is 0 Å². The zero-order chi connectivity index (χ0) is 6.10. The fourth-order valence-electron chi connectivity index (χ4n) is 0.883. The second kappa shape index (κ2) is 3.01. The first-order chi connectivity index (χ1) is 4.47. The van der Waals surface area contributed by atoms with Gasteiger partial charge in [-0.15, -0.1) is 0 Å². The number of hydrogen-bond donors (Lipinski definition) is 1. The summed E-state index contributed by atoms with van der Waals surface area (Å²) in [6.07, 6.45) is 1.81. The quantitative estimate of drug-likeness (QED) is 0.678. The van der Waals surface area contributed by atoms with Crippen LogP contribution in [0, 0.1) is 0 Å². The molecule has 0 amide bonds. The van der Waals surface area contributed by atoms with Crippen LogP contribution in [0.3, 0.4) is 0 Å². The molecule has 0 saturated heterocycles. The first-order valence-corrected chi connectivity index (χ1v) is 2.85. The fraction of sp³-hybridized carbons (Fsp3) is 0. The van der Waals surface area contributed by atoms with E-state index in [0.717, 1.165) is 10.9 Å². The maximum atomic E-state index is 3.88. The van der Waals surface area contributed by atoms with E-state index in [9.17, 15) is 0 Å². The monoisotopic (exact) mass is 225 g/mol. The van der Waals surface area contributed by atoms with Crippen molar-refractivity contribution in [1.29, 1.82) is 0 Å². The minimum Gasteiger partial charge on any atom is -0.278 e. The van der Waals surface area contributed by atoms with Gasteiger partial charge in [0.05, 0.1) is 11.7 Å². The largest absolute Gasteiger partial charge is 0.278 e. The van der Waals surface area contributed by atoms with E-state index in [-0.39, 0.29) is 22.4 Å². The molecule has 0 fully saturated rings. The van der Waals surface area contributed by atoms with Gasteiger partial charge in [0, 0.05) is 27.8 Å². The molecule has 0 atom stereocenters. The van der Waals surface area contributed by atoms with Crippen LogP contribution in [0.15, 0.2) is 30.5 Å². The van der Waals surface area contributed by atoms with Crippen molar-refractivity contribution in [3.63, 3.8) is 0 Å². The maximum Gasteiger partial charge on any atom is 0.0650 e. The first kappa shape index (κ1) is 7.54. The van der Waals surface area contributed by atoms with E-state index in [4.69, 9.17) is 0 Å². The molecule has 1 aromatic heterocycles. The third kappa shape index (κ3) is 1.14. The molecule has 1 radical (unpaired) electrons. The molecule has 0 unspecified atom stereocenters. The van der Waals surface area contributed by atoms with Crippen LogP contribution in [-0.2, 0) is 22.4 Å². The van der Waals surface area contributed by atoms with E-state index in [2.05, 4.69) is 10.2 Å². The van der Waals surface area contributed by atoms with Crippen molar-refractivity contribution in [2.45, 2.75) is 0 Å². The Morgan fingerprint density at radius 3 is 2.80 bits per heavy atom. The van der Waals surface area contributed by atoms with Crippen LogP contribution in [0.25, 0.3) is 10.9 Å². The number of benzene rings is 1. The number of hydrogen-bond acceptors (Lipinski definition) is 1. The van der Waals surface area contributed by atoms with Crippen LogP contribution < -0.4 is 0 Å². The molecule has 2 aromatic rings. The molecule has 55 valence electrons. The summed E-state index contributed by atoms with van der Waals surface area (Å²) in [7, 11) is 0. The smallest absolute Gasteiger partial charge is 0.0650 e. The molecular formula is C7H6AgN2. The molecule has 3 heteroatoms. The molecule has 10 heavy (non-hydrogen) atoms. The number of aromatic amines is 1. The third-order valence-electron chi connectivity index (χ3n) is 1.35. The van der Waals surface area contributed by atoms with Crippen molar-refractivity contribution in [2.24, 2.45) is 0 Å². The number of H-pyrrole nitrogens is 1. The molecule has 1 N–H and O–H groups in total. The molecule has 0 aliphatic heterocycles. The third-order valence-corrected chi connectivity index (χ3v) is 1.35. The molecule has 1 aromatic carbocycles. The Morgan fingerprint density at radius 1 is 1.20 bits per heavy atom. The maximum absolute atomic E-state index is 3.88. The van der Waals surface area contributed by atoms with E-state index < -0.39 is 0 Å². The van der Waals surface area contributed by atoms with Gasteiger partial charge in [-0.3, -0.25) is 5.10 Å². The van der Waals surface area contributed by atoms with Gasteiger partial charge >= 0.3 is 0 Å². The zero-order valence-electron chi connectivity index (χ0n) is 5.14. The van der Waals surface area contributed by atoms with E-state index in [1.165, 1.54) is 0 Å². The Hall–Kier alpha value is -0.570. The van der Waals surface area contributed by atoms with Crippen LogP contribution >= 0.6 is 0 Å². The summed E-state index contributed by atoms with van der Waals surface area (Å²) in [5.41, 5.74) is 1.09. The van der Waals surface area contributed by atoms with Gasteiger partial charge in [0.25, 0.3) is 0 Å². The van der Waals surface area contributed by atoms with Crippen molar-refractivity contribution < 1.29 is 22.4 Å². The Morgan fingerprint density at radius 2 is 2.00 bits per heavy atom. The van der Waals surface area contributed by atoms with Gasteiger partial charge in [-0.2, -0.15) is 5.10 Å². The van der Waals surface area contributed by atoms with Gasteiger partial charge < -0.3 is 0 Å². The summed E-state index contributed by atoms with van der Waals surface area (Å²) >= 11 is 0. The topological polar surface area (TPSA) is 28.7 Å². The fourth-order valence-corrected chi connectivity index (χ4v) is 0.883. The second-order valence-electron chi connectivity index (χ2n) is 1.96. The second-order valence-corrected chi connectivity index (χ2v) is 1.96. The van der Waals surface area contributed by atoms with Crippen LogP contribution in [0.4, 0.5) is 0 Å². The molecule has 0 aliphatic carbocycles. The van der Waals surface area contributed by atoms with E-state index >= 15 is 0 Å². The summed E-state index contributed by atoms with van der Waals surface area (Å²) in [5, 5.41) is 7.91. The van der Waals surface area contributed by atoms with Crippen LogP contribution in [0.2, 0.25) is 0 Å². The molecule has 0 saturated carbocycles. The van der Waals surface area contributed by atoms with Gasteiger partial charge in [0.2, 0.25) is 0 Å². The van der Waals surface area contributed by atoms with Gasteiger partial charge in [0.1, 0.15) is 0 Å². The Balaban J connectivity index is 0.000000500. The first-order valence-electron chi connectivity index (χ1n) is 2.85. The average Bonchev–Trinajstić information content (AvgIpc) is 2.33. The molecule has 2 nitrogen and oxygen atoms in total. The minimum absolute atomic E-state index is 0. The minimum atomic E-state index is 0. The SMILES string of the molecule is [Ag].c1ccc2[nH]ncc2c1. The summed E-state index contributed by atoms with van der Waals surface area (Å²) in [6, 6.07) is 8.01. The van der Waals surface area contributed by atoms with Crippen molar-refractivity contribution in [3.05, 3.63) is 30.5 Å². The Labute approximate surface area is 74.1 Å². The Bertz CT molecular complexity index is 286. The number of para-hydroxylation sites is 1. The van der Waals surface area contributed by atoms with Crippen molar-refractivity contribution in [3.8, 4) is 0 Å². The molecule has 1 heterocycles. The van der Waals surface area contributed by atoms with Crippen LogP contribution in [0.1, 0.15) is 0 Å². The van der Waals surface area contributed by atoms with E-state index in [0.29, 0.717) is 0 Å². The van der Waals surface area contributed by atoms with Crippen LogP contribution in [0.5, 0.6) is 0 Å². The van der Waals surface area contributed by atoms with Crippen molar-refractivity contribution in [2.75, 3.05) is 0 Å². The molecule has 0 aliphatic rings. The van der Waals surface area contributed by atoms with Crippen molar-refractivity contribution >= 4 is 10.9 Å². The Kier molecular flexibility index (Phi) is 2.27. The number of aromatic nitrogens is 2. The predicted octanol–water partition coefficient (Wildman–Crippen LogP) is 1.56. The van der Waals surface area contributed by atoms with Gasteiger partial charge in [0.15, 0.2) is 0 Å². The number of rotatable bonds is 0. The molecule has 0 bridgehead atoms.